The van der Waals surface area contributed by atoms with Crippen molar-refractivity contribution in [3.05, 3.63) is 17.5 Å². The molecule has 1 saturated heterocycles. The van der Waals surface area contributed by atoms with Gasteiger partial charge in [0.15, 0.2) is 5.96 Å². The highest BCUT2D eigenvalue weighted by Crippen LogP contribution is 2.28. The lowest BCUT2D eigenvalue weighted by atomic mass is 9.93. The monoisotopic (exact) mass is 358 g/mol. The van der Waals surface area contributed by atoms with Crippen LogP contribution in [0.4, 0.5) is 0 Å². The number of hydrogen-bond acceptors (Lipinski definition) is 4. The molecule has 23 heavy (non-hydrogen) atoms. The van der Waals surface area contributed by atoms with Crippen molar-refractivity contribution in [3.63, 3.8) is 0 Å². The van der Waals surface area contributed by atoms with Gasteiger partial charge in [-0.25, -0.2) is 13.1 Å². The molecule has 1 aliphatic heterocycles. The van der Waals surface area contributed by atoms with E-state index in [4.69, 9.17) is 0 Å². The summed E-state index contributed by atoms with van der Waals surface area (Å²) in [6.45, 7) is 10.0. The molecule has 1 fully saturated rings. The van der Waals surface area contributed by atoms with E-state index >= 15 is 0 Å². The molecule has 0 aromatic carbocycles. The second-order valence-electron chi connectivity index (χ2n) is 6.40. The number of sulfonamides is 1. The van der Waals surface area contributed by atoms with Crippen molar-refractivity contribution >= 4 is 27.3 Å². The van der Waals surface area contributed by atoms with Crippen LogP contribution in [0, 0.1) is 5.41 Å². The summed E-state index contributed by atoms with van der Waals surface area (Å²) in [5.41, 5.74) is 0.303. The minimum absolute atomic E-state index is 0.298. The van der Waals surface area contributed by atoms with E-state index in [-0.39, 0.29) is 0 Å². The maximum Gasteiger partial charge on any atom is 0.250 e. The van der Waals surface area contributed by atoms with Gasteiger partial charge in [0.25, 0.3) is 0 Å². The predicted molar refractivity (Wildman–Crippen MR) is 95.5 cm³/mol. The lowest BCUT2D eigenvalue weighted by Crippen LogP contribution is -2.41. The molecule has 0 atom stereocenters. The third-order valence-electron chi connectivity index (χ3n) is 3.74. The first-order chi connectivity index (χ1) is 10.8. The predicted octanol–water partition coefficient (Wildman–Crippen LogP) is 1.72. The third-order valence-corrected chi connectivity index (χ3v) is 6.60. The van der Waals surface area contributed by atoms with Crippen LogP contribution < -0.4 is 10.0 Å². The van der Waals surface area contributed by atoms with E-state index in [0.29, 0.717) is 22.7 Å². The number of rotatable bonds is 6. The van der Waals surface area contributed by atoms with Gasteiger partial charge in [-0.1, -0.05) is 19.9 Å². The quantitative estimate of drug-likeness (QED) is 0.461. The standard InChI is InChI=1S/C15H26N4O2S2/c1-4-16-14(19-10-7-15(2,3)12-19)17-8-9-18-23(20,21)13-6-5-11-22-13/h5-6,11,18H,4,7-10,12H2,1-3H3,(H,16,17). The van der Waals surface area contributed by atoms with Gasteiger partial charge in [0.05, 0.1) is 6.54 Å². The van der Waals surface area contributed by atoms with Crippen molar-refractivity contribution in [2.24, 2.45) is 10.4 Å². The molecule has 130 valence electrons. The van der Waals surface area contributed by atoms with Crippen LogP contribution in [0.5, 0.6) is 0 Å². The summed E-state index contributed by atoms with van der Waals surface area (Å²) in [6.07, 6.45) is 1.14. The average Bonchev–Trinajstić information content (AvgIpc) is 3.12. The molecule has 1 aliphatic rings. The maximum absolute atomic E-state index is 12.0. The molecular formula is C15H26N4O2S2. The first kappa shape index (κ1) is 18.2. The summed E-state index contributed by atoms with van der Waals surface area (Å²) in [4.78, 5) is 6.80. The van der Waals surface area contributed by atoms with Crippen LogP contribution in [0.2, 0.25) is 0 Å². The van der Waals surface area contributed by atoms with Crippen molar-refractivity contribution in [3.8, 4) is 0 Å². The molecule has 0 saturated carbocycles. The van der Waals surface area contributed by atoms with Crippen molar-refractivity contribution in [2.45, 2.75) is 31.4 Å². The zero-order valence-electron chi connectivity index (χ0n) is 14.0. The van der Waals surface area contributed by atoms with Gasteiger partial charge in [0.2, 0.25) is 10.0 Å². The number of aliphatic imine (C=N–C) groups is 1. The lowest BCUT2D eigenvalue weighted by molar-refractivity contribution is 0.370. The van der Waals surface area contributed by atoms with E-state index in [0.717, 1.165) is 32.0 Å². The molecule has 0 radical (unpaired) electrons. The van der Waals surface area contributed by atoms with Gasteiger partial charge >= 0.3 is 0 Å². The summed E-state index contributed by atoms with van der Waals surface area (Å²) in [5.74, 6) is 0.869. The summed E-state index contributed by atoms with van der Waals surface area (Å²) in [7, 11) is -3.40. The zero-order chi connectivity index (χ0) is 16.9. The highest BCUT2D eigenvalue weighted by molar-refractivity contribution is 7.91. The van der Waals surface area contributed by atoms with Gasteiger partial charge in [-0.2, -0.15) is 0 Å². The number of thiophene rings is 1. The van der Waals surface area contributed by atoms with Crippen LogP contribution >= 0.6 is 11.3 Å². The number of guanidine groups is 1. The van der Waals surface area contributed by atoms with Crippen LogP contribution in [0.25, 0.3) is 0 Å². The van der Waals surface area contributed by atoms with Crippen LogP contribution in [0.15, 0.2) is 26.7 Å². The molecule has 8 heteroatoms. The Morgan fingerprint density at radius 1 is 1.48 bits per heavy atom. The van der Waals surface area contributed by atoms with E-state index in [1.807, 2.05) is 6.92 Å². The Morgan fingerprint density at radius 3 is 2.83 bits per heavy atom. The third kappa shape index (κ3) is 5.19. The molecule has 6 nitrogen and oxygen atoms in total. The Balaban J connectivity index is 1.89. The van der Waals surface area contributed by atoms with Crippen molar-refractivity contribution in [1.29, 1.82) is 0 Å². The van der Waals surface area contributed by atoms with Crippen LogP contribution in [-0.4, -0.2) is 52.0 Å². The summed E-state index contributed by atoms with van der Waals surface area (Å²) in [6, 6.07) is 3.34. The minimum Gasteiger partial charge on any atom is -0.357 e. The number of hydrogen-bond donors (Lipinski definition) is 2. The van der Waals surface area contributed by atoms with Gasteiger partial charge in [0, 0.05) is 26.2 Å². The second kappa shape index (κ2) is 7.63. The Hall–Kier alpha value is -1.12. The fourth-order valence-corrected chi connectivity index (χ4v) is 4.61. The molecule has 0 unspecified atom stereocenters. The fraction of sp³-hybridized carbons (Fsp3) is 0.667. The van der Waals surface area contributed by atoms with Gasteiger partial charge in [0.1, 0.15) is 4.21 Å². The Bertz CT molecular complexity index is 624. The zero-order valence-corrected chi connectivity index (χ0v) is 15.6. The molecule has 0 spiro atoms. The fourth-order valence-electron chi connectivity index (χ4n) is 2.55. The first-order valence-corrected chi connectivity index (χ1v) is 10.3. The smallest absolute Gasteiger partial charge is 0.250 e. The van der Waals surface area contributed by atoms with E-state index in [1.165, 1.54) is 11.3 Å². The molecule has 0 aliphatic carbocycles. The number of nitrogens with zero attached hydrogens (tertiary/aromatic N) is 2. The van der Waals surface area contributed by atoms with E-state index in [1.54, 1.807) is 17.5 Å². The normalized spacial score (nSPS) is 18.4. The van der Waals surface area contributed by atoms with Crippen molar-refractivity contribution in [2.75, 3.05) is 32.7 Å². The van der Waals surface area contributed by atoms with Crippen LogP contribution in [-0.2, 0) is 10.0 Å². The molecule has 1 aromatic rings. The van der Waals surface area contributed by atoms with E-state index < -0.39 is 10.0 Å². The molecule has 0 bridgehead atoms. The maximum atomic E-state index is 12.0. The highest BCUT2D eigenvalue weighted by atomic mass is 32.2. The Kier molecular flexibility index (Phi) is 6.05. The topological polar surface area (TPSA) is 73.8 Å². The summed E-state index contributed by atoms with van der Waals surface area (Å²) < 4.78 is 27.0. The molecule has 2 N–H and O–H groups in total. The number of nitrogens with one attached hydrogen (secondary N) is 2. The molecule has 1 aromatic heterocycles. The van der Waals surface area contributed by atoms with Crippen LogP contribution in [0.1, 0.15) is 27.2 Å². The first-order valence-electron chi connectivity index (χ1n) is 7.90. The van der Waals surface area contributed by atoms with Gasteiger partial charge in [-0.05, 0) is 30.2 Å². The van der Waals surface area contributed by atoms with Gasteiger partial charge in [-0.15, -0.1) is 11.3 Å². The lowest BCUT2D eigenvalue weighted by Gasteiger charge is -2.23. The molecule has 2 rings (SSSR count). The number of likely N-dealkylation sites (tertiary alicyclic amines) is 1. The summed E-state index contributed by atoms with van der Waals surface area (Å²) >= 11 is 1.22. The Morgan fingerprint density at radius 2 is 2.26 bits per heavy atom. The molecular weight excluding hydrogens is 332 g/mol. The second-order valence-corrected chi connectivity index (χ2v) is 9.34. The Labute approximate surface area is 143 Å². The summed E-state index contributed by atoms with van der Waals surface area (Å²) in [5, 5.41) is 5.04. The van der Waals surface area contributed by atoms with E-state index in [2.05, 4.69) is 33.8 Å². The van der Waals surface area contributed by atoms with E-state index in [9.17, 15) is 8.42 Å². The largest absolute Gasteiger partial charge is 0.357 e. The average molecular weight is 359 g/mol. The SMILES string of the molecule is CCNC(=NCCNS(=O)(=O)c1cccs1)N1CCC(C)(C)C1. The van der Waals surface area contributed by atoms with Crippen molar-refractivity contribution in [1.82, 2.24) is 14.9 Å². The van der Waals surface area contributed by atoms with Crippen LogP contribution in [0.3, 0.4) is 0 Å². The highest BCUT2D eigenvalue weighted by Gasteiger charge is 2.30. The minimum atomic E-state index is -3.40. The molecule has 0 amide bonds. The van der Waals surface area contributed by atoms with Crippen molar-refractivity contribution < 1.29 is 8.42 Å². The van der Waals surface area contributed by atoms with Gasteiger partial charge in [-0.3, -0.25) is 4.99 Å². The molecule has 2 heterocycles. The van der Waals surface area contributed by atoms with Gasteiger partial charge < -0.3 is 10.2 Å².